The minimum atomic E-state index is -0.315. The molecule has 1 atom stereocenters. The zero-order valence-corrected chi connectivity index (χ0v) is 9.37. The molecule has 1 aliphatic heterocycles. The van der Waals surface area contributed by atoms with E-state index >= 15 is 0 Å². The molecule has 0 saturated carbocycles. The summed E-state index contributed by atoms with van der Waals surface area (Å²) < 4.78 is 1.77. The summed E-state index contributed by atoms with van der Waals surface area (Å²) >= 11 is 0. The number of rotatable bonds is 1. The molecule has 3 N–H and O–H groups in total. The van der Waals surface area contributed by atoms with E-state index in [4.69, 9.17) is 5.73 Å². The van der Waals surface area contributed by atoms with Crippen molar-refractivity contribution in [2.75, 3.05) is 5.73 Å². The smallest absolute Gasteiger partial charge is 0.183 e. The first-order valence-electron chi connectivity index (χ1n) is 5.70. The lowest BCUT2D eigenvalue weighted by molar-refractivity contribution is 0.124. The Kier molecular flexibility index (Phi) is 2.33. The van der Waals surface area contributed by atoms with E-state index in [0.717, 1.165) is 24.2 Å². The second-order valence-electron chi connectivity index (χ2n) is 4.31. The van der Waals surface area contributed by atoms with Gasteiger partial charge in [-0.3, -0.25) is 0 Å². The summed E-state index contributed by atoms with van der Waals surface area (Å²) in [7, 11) is 0. The normalized spacial score (nSPS) is 19.0. The Morgan fingerprint density at radius 3 is 3.00 bits per heavy atom. The Balaban J connectivity index is 2.03. The van der Waals surface area contributed by atoms with Crippen LogP contribution >= 0.6 is 0 Å². The SMILES string of the molecule is Nc1ccccc1-c1nc2n(n1)CC(O)CC2. The third kappa shape index (κ3) is 1.78. The quantitative estimate of drug-likeness (QED) is 0.711. The fourth-order valence-electron chi connectivity index (χ4n) is 2.11. The molecule has 1 aromatic heterocycles. The summed E-state index contributed by atoms with van der Waals surface area (Å²) in [6.45, 7) is 0.523. The van der Waals surface area contributed by atoms with Crippen molar-refractivity contribution in [1.82, 2.24) is 14.8 Å². The molecular weight excluding hydrogens is 216 g/mol. The number of aryl methyl sites for hydroxylation is 1. The summed E-state index contributed by atoms with van der Waals surface area (Å²) in [5.74, 6) is 1.57. The van der Waals surface area contributed by atoms with Gasteiger partial charge in [0.05, 0.1) is 12.6 Å². The Bertz CT molecular complexity index is 549. The number of hydrogen-bond acceptors (Lipinski definition) is 4. The summed E-state index contributed by atoms with van der Waals surface area (Å²) in [6.07, 6.45) is 1.20. The van der Waals surface area contributed by atoms with Crippen LogP contribution in [-0.4, -0.2) is 26.0 Å². The monoisotopic (exact) mass is 230 g/mol. The molecule has 2 aromatic rings. The molecule has 1 aliphatic rings. The number of hydrogen-bond donors (Lipinski definition) is 2. The average molecular weight is 230 g/mol. The Morgan fingerprint density at radius 1 is 1.35 bits per heavy atom. The minimum absolute atomic E-state index is 0.315. The van der Waals surface area contributed by atoms with Gasteiger partial charge in [-0.05, 0) is 18.6 Å². The van der Waals surface area contributed by atoms with Crippen LogP contribution in [0.4, 0.5) is 5.69 Å². The first-order chi connectivity index (χ1) is 8.24. The zero-order chi connectivity index (χ0) is 11.8. The number of nitrogens with zero attached hydrogens (tertiary/aromatic N) is 3. The third-order valence-electron chi connectivity index (χ3n) is 3.03. The maximum absolute atomic E-state index is 9.58. The van der Waals surface area contributed by atoms with Gasteiger partial charge >= 0.3 is 0 Å². The van der Waals surface area contributed by atoms with E-state index in [0.29, 0.717) is 18.1 Å². The number of fused-ring (bicyclic) bond motifs is 1. The second-order valence-corrected chi connectivity index (χ2v) is 4.31. The van der Waals surface area contributed by atoms with Crippen molar-refractivity contribution in [3.05, 3.63) is 30.1 Å². The lowest BCUT2D eigenvalue weighted by atomic mass is 10.1. The molecule has 0 spiro atoms. The minimum Gasteiger partial charge on any atom is -0.398 e. The van der Waals surface area contributed by atoms with Gasteiger partial charge in [-0.15, -0.1) is 0 Å². The standard InChI is InChI=1S/C12H14N4O/c13-10-4-2-1-3-9(10)12-14-11-6-5-8(17)7-16(11)15-12/h1-4,8,17H,5-7,13H2. The number of anilines is 1. The molecule has 17 heavy (non-hydrogen) atoms. The van der Waals surface area contributed by atoms with Crippen LogP contribution in [0.2, 0.25) is 0 Å². The molecule has 1 aromatic carbocycles. The predicted molar refractivity (Wildman–Crippen MR) is 64.2 cm³/mol. The fourth-order valence-corrected chi connectivity index (χ4v) is 2.11. The molecule has 5 heteroatoms. The predicted octanol–water partition coefficient (Wildman–Crippen LogP) is 0.834. The van der Waals surface area contributed by atoms with E-state index in [-0.39, 0.29) is 6.10 Å². The molecule has 0 saturated heterocycles. The van der Waals surface area contributed by atoms with Gasteiger partial charge in [0.15, 0.2) is 5.82 Å². The van der Waals surface area contributed by atoms with Crippen molar-refractivity contribution < 1.29 is 5.11 Å². The van der Waals surface area contributed by atoms with Crippen LogP contribution in [-0.2, 0) is 13.0 Å². The number of benzene rings is 1. The Labute approximate surface area is 98.9 Å². The van der Waals surface area contributed by atoms with Crippen molar-refractivity contribution in [3.8, 4) is 11.4 Å². The van der Waals surface area contributed by atoms with E-state index in [9.17, 15) is 5.11 Å². The molecule has 0 fully saturated rings. The van der Waals surface area contributed by atoms with Crippen LogP contribution < -0.4 is 5.73 Å². The maximum atomic E-state index is 9.58. The Morgan fingerprint density at radius 2 is 2.18 bits per heavy atom. The number of aliphatic hydroxyl groups is 1. The van der Waals surface area contributed by atoms with Crippen LogP contribution in [0.25, 0.3) is 11.4 Å². The van der Waals surface area contributed by atoms with Crippen LogP contribution in [0.5, 0.6) is 0 Å². The number of nitrogen functional groups attached to an aromatic ring is 1. The summed E-state index contributed by atoms with van der Waals surface area (Å²) in [5, 5.41) is 14.0. The van der Waals surface area contributed by atoms with Crippen molar-refractivity contribution in [2.45, 2.75) is 25.5 Å². The number of aliphatic hydroxyl groups excluding tert-OH is 1. The van der Waals surface area contributed by atoms with Crippen LogP contribution in [0, 0.1) is 0 Å². The highest BCUT2D eigenvalue weighted by atomic mass is 16.3. The molecule has 5 nitrogen and oxygen atoms in total. The molecule has 2 heterocycles. The topological polar surface area (TPSA) is 77.0 Å². The van der Waals surface area contributed by atoms with Crippen molar-refractivity contribution in [2.24, 2.45) is 0 Å². The van der Waals surface area contributed by atoms with E-state index in [2.05, 4.69) is 10.1 Å². The summed E-state index contributed by atoms with van der Waals surface area (Å²) in [5.41, 5.74) is 7.43. The fraction of sp³-hybridized carbons (Fsp3) is 0.333. The second kappa shape index (κ2) is 3.85. The maximum Gasteiger partial charge on any atom is 0.183 e. The Hall–Kier alpha value is -1.88. The summed E-state index contributed by atoms with van der Waals surface area (Å²) in [4.78, 5) is 4.48. The average Bonchev–Trinajstić information content (AvgIpc) is 2.72. The van der Waals surface area contributed by atoms with Crippen molar-refractivity contribution >= 4 is 5.69 Å². The summed E-state index contributed by atoms with van der Waals surface area (Å²) in [6, 6.07) is 7.55. The molecule has 3 rings (SSSR count). The van der Waals surface area contributed by atoms with E-state index in [1.54, 1.807) is 4.68 Å². The van der Waals surface area contributed by atoms with Crippen molar-refractivity contribution in [3.63, 3.8) is 0 Å². The van der Waals surface area contributed by atoms with Gasteiger partial charge in [0.2, 0.25) is 0 Å². The third-order valence-corrected chi connectivity index (χ3v) is 3.03. The van der Waals surface area contributed by atoms with Gasteiger partial charge in [0.25, 0.3) is 0 Å². The highest BCUT2D eigenvalue weighted by molar-refractivity contribution is 5.70. The lowest BCUT2D eigenvalue weighted by Crippen LogP contribution is -2.25. The van der Waals surface area contributed by atoms with Crippen molar-refractivity contribution in [1.29, 1.82) is 0 Å². The molecule has 88 valence electrons. The first kappa shape index (κ1) is 10.3. The largest absolute Gasteiger partial charge is 0.398 e. The lowest BCUT2D eigenvalue weighted by Gasteiger charge is -2.16. The van der Waals surface area contributed by atoms with Gasteiger partial charge in [-0.1, -0.05) is 12.1 Å². The zero-order valence-electron chi connectivity index (χ0n) is 9.37. The number of para-hydroxylation sites is 1. The molecule has 0 bridgehead atoms. The molecule has 1 unspecified atom stereocenters. The molecule has 0 radical (unpaired) electrons. The van der Waals surface area contributed by atoms with E-state index in [1.807, 2.05) is 24.3 Å². The molecular formula is C12H14N4O. The molecule has 0 amide bonds. The van der Waals surface area contributed by atoms with E-state index in [1.165, 1.54) is 0 Å². The van der Waals surface area contributed by atoms with Crippen LogP contribution in [0.15, 0.2) is 24.3 Å². The van der Waals surface area contributed by atoms with Gasteiger partial charge in [0.1, 0.15) is 5.82 Å². The molecule has 0 aliphatic carbocycles. The van der Waals surface area contributed by atoms with Gasteiger partial charge in [0, 0.05) is 17.7 Å². The number of aromatic nitrogens is 3. The highest BCUT2D eigenvalue weighted by Gasteiger charge is 2.20. The van der Waals surface area contributed by atoms with Gasteiger partial charge in [-0.25, -0.2) is 9.67 Å². The van der Waals surface area contributed by atoms with Crippen LogP contribution in [0.3, 0.4) is 0 Å². The van der Waals surface area contributed by atoms with Gasteiger partial charge in [-0.2, -0.15) is 5.10 Å². The first-order valence-corrected chi connectivity index (χ1v) is 5.70. The van der Waals surface area contributed by atoms with Crippen LogP contribution in [0.1, 0.15) is 12.2 Å². The van der Waals surface area contributed by atoms with E-state index < -0.39 is 0 Å². The van der Waals surface area contributed by atoms with Gasteiger partial charge < -0.3 is 10.8 Å². The highest BCUT2D eigenvalue weighted by Crippen LogP contribution is 2.24. The number of nitrogens with two attached hydrogens (primary N) is 1.